The second-order valence-electron chi connectivity index (χ2n) is 5.62. The number of nitrogens with zero attached hydrogens (tertiary/aromatic N) is 3. The molecule has 0 aliphatic carbocycles. The maximum absolute atomic E-state index is 4.24. The fraction of sp³-hybridized carbons (Fsp3) is 0.412. The highest BCUT2D eigenvalue weighted by Crippen LogP contribution is 2.08. The summed E-state index contributed by atoms with van der Waals surface area (Å²) in [5, 5.41) is 10.8. The van der Waals surface area contributed by atoms with Gasteiger partial charge in [-0.1, -0.05) is 29.3 Å². The highest BCUT2D eigenvalue weighted by Gasteiger charge is 2.01. The minimum Gasteiger partial charge on any atom is -0.356 e. The molecular formula is C17H25N5. The van der Waals surface area contributed by atoms with Crippen LogP contribution >= 0.6 is 0 Å². The van der Waals surface area contributed by atoms with E-state index in [1.165, 1.54) is 16.7 Å². The van der Waals surface area contributed by atoms with Crippen molar-refractivity contribution in [1.82, 2.24) is 20.4 Å². The Morgan fingerprint density at radius 3 is 2.45 bits per heavy atom. The number of aryl methyl sites for hydroxylation is 3. The Hall–Kier alpha value is -2.30. The van der Waals surface area contributed by atoms with Crippen LogP contribution in [0.3, 0.4) is 0 Å². The van der Waals surface area contributed by atoms with Gasteiger partial charge in [0.15, 0.2) is 5.96 Å². The van der Waals surface area contributed by atoms with E-state index in [2.05, 4.69) is 52.8 Å². The van der Waals surface area contributed by atoms with Crippen LogP contribution in [-0.2, 0) is 20.0 Å². The number of hydrogen-bond donors (Lipinski definition) is 2. The molecule has 5 nitrogen and oxygen atoms in total. The van der Waals surface area contributed by atoms with Crippen molar-refractivity contribution in [3.63, 3.8) is 0 Å². The molecule has 5 heteroatoms. The second kappa shape index (κ2) is 7.64. The molecule has 0 aliphatic heterocycles. The molecule has 0 fully saturated rings. The fourth-order valence-corrected chi connectivity index (χ4v) is 2.51. The largest absolute Gasteiger partial charge is 0.356 e. The van der Waals surface area contributed by atoms with Gasteiger partial charge in [0.25, 0.3) is 0 Å². The van der Waals surface area contributed by atoms with E-state index in [0.29, 0.717) is 0 Å². The monoisotopic (exact) mass is 299 g/mol. The first-order valence-corrected chi connectivity index (χ1v) is 7.56. The van der Waals surface area contributed by atoms with E-state index in [1.54, 1.807) is 11.7 Å². The summed E-state index contributed by atoms with van der Waals surface area (Å²) in [6.07, 6.45) is 4.84. The molecule has 1 heterocycles. The van der Waals surface area contributed by atoms with Gasteiger partial charge >= 0.3 is 0 Å². The quantitative estimate of drug-likeness (QED) is 0.655. The average molecular weight is 299 g/mol. The van der Waals surface area contributed by atoms with Gasteiger partial charge in [-0.15, -0.1) is 0 Å². The van der Waals surface area contributed by atoms with Crippen molar-refractivity contribution in [2.45, 2.75) is 26.8 Å². The Kier molecular flexibility index (Phi) is 5.58. The number of rotatable bonds is 5. The van der Waals surface area contributed by atoms with Gasteiger partial charge in [-0.05, 0) is 25.8 Å². The first kappa shape index (κ1) is 16.1. The van der Waals surface area contributed by atoms with E-state index in [1.807, 2.05) is 19.4 Å². The number of guanidine groups is 1. The molecule has 0 saturated carbocycles. The number of hydrogen-bond acceptors (Lipinski definition) is 2. The standard InChI is InChI=1S/C17H25N5/c1-13-7-14(2)9-15(8-13)5-6-19-17(18-3)20-10-16-11-21-22(4)12-16/h7-9,11-12H,5-6,10H2,1-4H3,(H2,18,19,20). The fourth-order valence-electron chi connectivity index (χ4n) is 2.51. The minimum atomic E-state index is 0.719. The predicted molar refractivity (Wildman–Crippen MR) is 91.0 cm³/mol. The topological polar surface area (TPSA) is 54.2 Å². The molecule has 0 bridgehead atoms. The third kappa shape index (κ3) is 4.91. The summed E-state index contributed by atoms with van der Waals surface area (Å²) in [6.45, 7) is 5.85. The zero-order valence-corrected chi connectivity index (χ0v) is 13.8. The van der Waals surface area contributed by atoms with Crippen LogP contribution < -0.4 is 10.6 Å². The SMILES string of the molecule is CN=C(NCCc1cc(C)cc(C)c1)NCc1cnn(C)c1. The van der Waals surface area contributed by atoms with Crippen LogP contribution in [-0.4, -0.2) is 29.3 Å². The number of aromatic nitrogens is 2. The van der Waals surface area contributed by atoms with Crippen LogP contribution in [0.5, 0.6) is 0 Å². The lowest BCUT2D eigenvalue weighted by Gasteiger charge is -2.11. The Morgan fingerprint density at radius 1 is 1.14 bits per heavy atom. The molecule has 0 atom stereocenters. The molecule has 0 spiro atoms. The molecule has 0 saturated heterocycles. The predicted octanol–water partition coefficient (Wildman–Crippen LogP) is 1.94. The number of benzene rings is 1. The normalized spacial score (nSPS) is 11.5. The summed E-state index contributed by atoms with van der Waals surface area (Å²) < 4.78 is 1.80. The van der Waals surface area contributed by atoms with Crippen molar-refractivity contribution in [3.8, 4) is 0 Å². The van der Waals surface area contributed by atoms with E-state index in [9.17, 15) is 0 Å². The van der Waals surface area contributed by atoms with E-state index >= 15 is 0 Å². The second-order valence-corrected chi connectivity index (χ2v) is 5.62. The Morgan fingerprint density at radius 2 is 1.86 bits per heavy atom. The maximum atomic E-state index is 4.24. The highest BCUT2D eigenvalue weighted by atomic mass is 15.2. The summed E-state index contributed by atoms with van der Waals surface area (Å²) in [6, 6.07) is 6.67. The average Bonchev–Trinajstić information content (AvgIpc) is 2.87. The Bertz CT molecular complexity index is 622. The van der Waals surface area contributed by atoms with Crippen molar-refractivity contribution in [2.75, 3.05) is 13.6 Å². The Labute approximate surface area is 132 Å². The van der Waals surface area contributed by atoms with E-state index in [-0.39, 0.29) is 0 Å². The number of aliphatic imine (C=N–C) groups is 1. The van der Waals surface area contributed by atoms with Gasteiger partial charge < -0.3 is 10.6 Å². The Balaban J connectivity index is 1.78. The molecule has 1 aromatic heterocycles. The third-order valence-corrected chi connectivity index (χ3v) is 3.43. The number of nitrogens with one attached hydrogen (secondary N) is 2. The van der Waals surface area contributed by atoms with Gasteiger partial charge in [-0.2, -0.15) is 5.10 Å². The lowest BCUT2D eigenvalue weighted by Crippen LogP contribution is -2.37. The van der Waals surface area contributed by atoms with Crippen LogP contribution in [0.1, 0.15) is 22.3 Å². The molecule has 0 aliphatic rings. The van der Waals surface area contributed by atoms with Crippen molar-refractivity contribution in [3.05, 3.63) is 52.8 Å². The third-order valence-electron chi connectivity index (χ3n) is 3.43. The molecular weight excluding hydrogens is 274 g/mol. The van der Waals surface area contributed by atoms with E-state index < -0.39 is 0 Å². The molecule has 0 unspecified atom stereocenters. The molecule has 2 aromatic rings. The van der Waals surface area contributed by atoms with Gasteiger partial charge in [0, 0.05) is 38.9 Å². The summed E-state index contributed by atoms with van der Waals surface area (Å²) in [4.78, 5) is 4.24. The summed E-state index contributed by atoms with van der Waals surface area (Å²) in [5.41, 5.74) is 5.12. The molecule has 2 rings (SSSR count). The van der Waals surface area contributed by atoms with Gasteiger partial charge in [0.1, 0.15) is 0 Å². The maximum Gasteiger partial charge on any atom is 0.191 e. The molecule has 118 valence electrons. The first-order valence-electron chi connectivity index (χ1n) is 7.56. The van der Waals surface area contributed by atoms with Gasteiger partial charge in [-0.3, -0.25) is 9.67 Å². The van der Waals surface area contributed by atoms with Crippen LogP contribution in [0.25, 0.3) is 0 Å². The molecule has 1 aromatic carbocycles. The minimum absolute atomic E-state index is 0.719. The smallest absolute Gasteiger partial charge is 0.191 e. The van der Waals surface area contributed by atoms with Crippen LogP contribution in [0.15, 0.2) is 35.6 Å². The molecule has 0 radical (unpaired) electrons. The zero-order chi connectivity index (χ0) is 15.9. The van der Waals surface area contributed by atoms with Crippen LogP contribution in [0.2, 0.25) is 0 Å². The van der Waals surface area contributed by atoms with Crippen molar-refractivity contribution < 1.29 is 0 Å². The van der Waals surface area contributed by atoms with E-state index in [4.69, 9.17) is 0 Å². The van der Waals surface area contributed by atoms with Gasteiger partial charge in [-0.25, -0.2) is 0 Å². The summed E-state index contributed by atoms with van der Waals surface area (Å²) in [7, 11) is 3.70. The highest BCUT2D eigenvalue weighted by molar-refractivity contribution is 5.79. The zero-order valence-electron chi connectivity index (χ0n) is 13.8. The lowest BCUT2D eigenvalue weighted by atomic mass is 10.1. The molecule has 0 amide bonds. The van der Waals surface area contributed by atoms with Crippen molar-refractivity contribution >= 4 is 5.96 Å². The van der Waals surface area contributed by atoms with Gasteiger partial charge in [0.2, 0.25) is 0 Å². The summed E-state index contributed by atoms with van der Waals surface area (Å²) in [5.74, 6) is 0.813. The van der Waals surface area contributed by atoms with Gasteiger partial charge in [0.05, 0.1) is 6.20 Å². The van der Waals surface area contributed by atoms with Crippen LogP contribution in [0.4, 0.5) is 0 Å². The van der Waals surface area contributed by atoms with Crippen molar-refractivity contribution in [2.24, 2.45) is 12.0 Å². The molecule has 2 N–H and O–H groups in total. The first-order chi connectivity index (χ1) is 10.6. The van der Waals surface area contributed by atoms with E-state index in [0.717, 1.165) is 31.0 Å². The summed E-state index contributed by atoms with van der Waals surface area (Å²) >= 11 is 0. The van der Waals surface area contributed by atoms with Crippen molar-refractivity contribution in [1.29, 1.82) is 0 Å². The lowest BCUT2D eigenvalue weighted by molar-refractivity contribution is 0.764. The molecule has 22 heavy (non-hydrogen) atoms. The van der Waals surface area contributed by atoms with Crippen LogP contribution in [0, 0.1) is 13.8 Å².